The number of halogens is 2. The van der Waals surface area contributed by atoms with Crippen molar-refractivity contribution >= 4 is 11.8 Å². The highest BCUT2D eigenvalue weighted by Gasteiger charge is 2.21. The molecule has 1 atom stereocenters. The smallest absolute Gasteiger partial charge is 0.269 e. The van der Waals surface area contributed by atoms with Crippen LogP contribution in [0, 0.1) is 12.8 Å². The summed E-state index contributed by atoms with van der Waals surface area (Å²) < 4.78 is 25.7. The number of carbonyl (C=O) groups is 2. The number of nitrogens with one attached hydrogen (secondary N) is 2. The number of nitrogens with zero attached hydrogens (tertiary/aromatic N) is 2. The first kappa shape index (κ1) is 21.5. The second-order valence-corrected chi connectivity index (χ2v) is 7.19. The molecule has 0 radical (unpaired) electrons. The molecule has 1 aromatic carbocycles. The number of amides is 2. The van der Waals surface area contributed by atoms with E-state index < -0.39 is 6.43 Å². The van der Waals surface area contributed by atoms with Crippen molar-refractivity contribution in [2.24, 2.45) is 5.92 Å². The molecule has 2 amide bonds. The quantitative estimate of drug-likeness (QED) is 0.721. The predicted molar refractivity (Wildman–Crippen MR) is 102 cm³/mol. The molecule has 2 aromatic rings. The van der Waals surface area contributed by atoms with Crippen molar-refractivity contribution in [1.82, 2.24) is 20.4 Å². The number of H-pyrrole nitrogens is 1. The van der Waals surface area contributed by atoms with E-state index in [1.807, 2.05) is 13.8 Å². The zero-order valence-electron chi connectivity index (χ0n) is 16.5. The van der Waals surface area contributed by atoms with E-state index in [1.54, 1.807) is 20.2 Å². The van der Waals surface area contributed by atoms with Gasteiger partial charge in [-0.2, -0.15) is 5.10 Å². The monoisotopic (exact) mass is 392 g/mol. The fourth-order valence-electron chi connectivity index (χ4n) is 2.85. The fourth-order valence-corrected chi connectivity index (χ4v) is 2.85. The minimum absolute atomic E-state index is 0.151. The van der Waals surface area contributed by atoms with Crippen LogP contribution < -0.4 is 5.32 Å². The van der Waals surface area contributed by atoms with Crippen molar-refractivity contribution in [1.29, 1.82) is 0 Å². The summed E-state index contributed by atoms with van der Waals surface area (Å²) in [6.07, 6.45) is -0.503. The van der Waals surface area contributed by atoms with Gasteiger partial charge in [0.15, 0.2) is 0 Å². The second kappa shape index (κ2) is 9.43. The number of alkyl halides is 2. The van der Waals surface area contributed by atoms with Gasteiger partial charge in [0, 0.05) is 30.8 Å². The van der Waals surface area contributed by atoms with Crippen molar-refractivity contribution in [2.75, 3.05) is 13.6 Å². The molecule has 0 saturated heterocycles. The normalized spacial score (nSPS) is 12.3. The number of hydrogen-bond acceptors (Lipinski definition) is 3. The molecule has 152 valence electrons. The van der Waals surface area contributed by atoms with Crippen LogP contribution in [0.25, 0.3) is 0 Å². The predicted octanol–water partition coefficient (Wildman–Crippen LogP) is 3.57. The zero-order chi connectivity index (χ0) is 20.8. The average molecular weight is 392 g/mol. The van der Waals surface area contributed by atoms with Crippen molar-refractivity contribution in [3.63, 3.8) is 0 Å². The zero-order valence-corrected chi connectivity index (χ0v) is 16.5. The molecule has 1 aromatic heterocycles. The maximum absolute atomic E-state index is 12.8. The summed E-state index contributed by atoms with van der Waals surface area (Å²) >= 11 is 0. The Hall–Kier alpha value is -2.77. The number of hydrogen-bond donors (Lipinski definition) is 2. The van der Waals surface area contributed by atoms with Gasteiger partial charge in [-0.25, -0.2) is 8.78 Å². The van der Waals surface area contributed by atoms with Gasteiger partial charge in [0.25, 0.3) is 18.2 Å². The van der Waals surface area contributed by atoms with Crippen LogP contribution in [0.5, 0.6) is 0 Å². The van der Waals surface area contributed by atoms with Gasteiger partial charge in [0.05, 0.1) is 6.20 Å². The van der Waals surface area contributed by atoms with E-state index in [0.29, 0.717) is 18.7 Å². The average Bonchev–Trinajstić information content (AvgIpc) is 3.09. The van der Waals surface area contributed by atoms with Crippen LogP contribution in [0.15, 0.2) is 30.5 Å². The van der Waals surface area contributed by atoms with Crippen LogP contribution in [-0.2, 0) is 0 Å². The molecule has 6 nitrogen and oxygen atoms in total. The third-order valence-corrected chi connectivity index (χ3v) is 4.68. The Morgan fingerprint density at radius 3 is 2.57 bits per heavy atom. The lowest BCUT2D eigenvalue weighted by Crippen LogP contribution is -2.41. The topological polar surface area (TPSA) is 78.1 Å². The first-order valence-corrected chi connectivity index (χ1v) is 9.15. The number of aromatic amines is 1. The number of benzene rings is 1. The summed E-state index contributed by atoms with van der Waals surface area (Å²) in [6.45, 7) is 6.14. The highest BCUT2D eigenvalue weighted by Crippen LogP contribution is 2.20. The van der Waals surface area contributed by atoms with Crippen LogP contribution in [0.3, 0.4) is 0 Å². The minimum atomic E-state index is -2.62. The third-order valence-electron chi connectivity index (χ3n) is 4.68. The molecule has 0 aliphatic rings. The SMILES string of the molecule is Cc1cn[nH]c1C(=O)NC(CCN(C)C(=O)c1cccc(C(F)F)c1)C(C)C. The Balaban J connectivity index is 1.99. The van der Waals surface area contributed by atoms with E-state index in [2.05, 4.69) is 15.5 Å². The van der Waals surface area contributed by atoms with Crippen molar-refractivity contribution in [2.45, 2.75) is 39.7 Å². The molecule has 8 heteroatoms. The van der Waals surface area contributed by atoms with Gasteiger partial charge in [0.1, 0.15) is 5.69 Å². The Kier molecular flexibility index (Phi) is 7.25. The van der Waals surface area contributed by atoms with E-state index in [9.17, 15) is 18.4 Å². The molecule has 0 spiro atoms. The molecule has 0 fully saturated rings. The van der Waals surface area contributed by atoms with E-state index in [0.717, 1.165) is 5.56 Å². The van der Waals surface area contributed by atoms with Gasteiger partial charge in [-0.3, -0.25) is 14.7 Å². The lowest BCUT2D eigenvalue weighted by Gasteiger charge is -2.25. The Bertz CT molecular complexity index is 820. The van der Waals surface area contributed by atoms with Crippen LogP contribution in [0.1, 0.15) is 58.7 Å². The van der Waals surface area contributed by atoms with Crippen LogP contribution in [0.2, 0.25) is 0 Å². The summed E-state index contributed by atoms with van der Waals surface area (Å²) in [7, 11) is 1.62. The number of carbonyl (C=O) groups excluding carboxylic acids is 2. The number of rotatable bonds is 8. The summed E-state index contributed by atoms with van der Waals surface area (Å²) in [5.41, 5.74) is 1.21. The largest absolute Gasteiger partial charge is 0.348 e. The van der Waals surface area contributed by atoms with Gasteiger partial charge in [-0.1, -0.05) is 26.0 Å². The van der Waals surface area contributed by atoms with E-state index >= 15 is 0 Å². The van der Waals surface area contributed by atoms with Crippen molar-refractivity contribution in [3.05, 3.63) is 52.8 Å². The number of aryl methyl sites for hydroxylation is 1. The molecule has 1 unspecified atom stereocenters. The lowest BCUT2D eigenvalue weighted by atomic mass is 10.00. The standard InChI is InChI=1S/C20H26F2N4O2/c1-12(2)16(24-19(27)17-13(3)11-23-25-17)8-9-26(4)20(28)15-7-5-6-14(10-15)18(21)22/h5-7,10-12,16,18H,8-9H2,1-4H3,(H,23,25)(H,24,27). The van der Waals surface area contributed by atoms with Gasteiger partial charge in [-0.15, -0.1) is 0 Å². The van der Waals surface area contributed by atoms with Gasteiger partial charge in [0.2, 0.25) is 0 Å². The molecule has 1 heterocycles. The van der Waals surface area contributed by atoms with E-state index in [-0.39, 0.29) is 34.9 Å². The van der Waals surface area contributed by atoms with Crippen molar-refractivity contribution in [3.8, 4) is 0 Å². The highest BCUT2D eigenvalue weighted by molar-refractivity contribution is 5.94. The van der Waals surface area contributed by atoms with Gasteiger partial charge >= 0.3 is 0 Å². The van der Waals surface area contributed by atoms with Crippen LogP contribution >= 0.6 is 0 Å². The molecular formula is C20H26F2N4O2. The van der Waals surface area contributed by atoms with Crippen molar-refractivity contribution < 1.29 is 18.4 Å². The molecule has 0 aliphatic carbocycles. The molecule has 0 bridgehead atoms. The maximum atomic E-state index is 12.8. The molecule has 0 aliphatic heterocycles. The number of aromatic nitrogens is 2. The second-order valence-electron chi connectivity index (χ2n) is 7.19. The minimum Gasteiger partial charge on any atom is -0.348 e. The molecule has 2 rings (SSSR count). The van der Waals surface area contributed by atoms with Gasteiger partial charge < -0.3 is 10.2 Å². The fraction of sp³-hybridized carbons (Fsp3) is 0.450. The van der Waals surface area contributed by atoms with Crippen LogP contribution in [-0.4, -0.2) is 46.5 Å². The molecule has 0 saturated carbocycles. The summed E-state index contributed by atoms with van der Waals surface area (Å²) in [4.78, 5) is 26.4. The maximum Gasteiger partial charge on any atom is 0.269 e. The Labute approximate surface area is 163 Å². The summed E-state index contributed by atoms with van der Waals surface area (Å²) in [6, 6.07) is 5.33. The lowest BCUT2D eigenvalue weighted by molar-refractivity contribution is 0.0783. The van der Waals surface area contributed by atoms with Gasteiger partial charge in [-0.05, 0) is 37.0 Å². The molecule has 28 heavy (non-hydrogen) atoms. The molecular weight excluding hydrogens is 366 g/mol. The summed E-state index contributed by atoms with van der Waals surface area (Å²) in [5, 5.41) is 9.50. The highest BCUT2D eigenvalue weighted by atomic mass is 19.3. The third kappa shape index (κ3) is 5.37. The first-order valence-electron chi connectivity index (χ1n) is 9.15. The molecule has 2 N–H and O–H groups in total. The van der Waals surface area contributed by atoms with E-state index in [1.165, 1.54) is 29.2 Å². The van der Waals surface area contributed by atoms with Crippen LogP contribution in [0.4, 0.5) is 8.78 Å². The van der Waals surface area contributed by atoms with E-state index in [4.69, 9.17) is 0 Å². The Morgan fingerprint density at radius 2 is 2.00 bits per heavy atom. The Morgan fingerprint density at radius 1 is 1.29 bits per heavy atom. The first-order chi connectivity index (χ1) is 13.2. The summed E-state index contributed by atoms with van der Waals surface area (Å²) in [5.74, 6) is -0.425.